The second-order valence-electron chi connectivity index (χ2n) is 4.95. The molecule has 0 spiro atoms. The van der Waals surface area contributed by atoms with Gasteiger partial charge in [0.25, 0.3) is 0 Å². The number of nitrogens with zero attached hydrogens (tertiary/aromatic N) is 2. The number of hydrogen-bond acceptors (Lipinski definition) is 3. The van der Waals surface area contributed by atoms with Crippen LogP contribution in [-0.4, -0.2) is 23.3 Å². The van der Waals surface area contributed by atoms with Crippen molar-refractivity contribution in [2.75, 3.05) is 13.7 Å². The first kappa shape index (κ1) is 14.3. The van der Waals surface area contributed by atoms with Gasteiger partial charge < -0.3 is 15.0 Å². The molecule has 0 aliphatic carbocycles. The second-order valence-corrected chi connectivity index (χ2v) is 5.39. The molecule has 0 fully saturated rings. The highest BCUT2D eigenvalue weighted by Crippen LogP contribution is 2.27. The molecule has 1 unspecified atom stereocenters. The number of hydrogen-bond donors (Lipinski definition) is 1. The molecule has 0 aliphatic rings. The monoisotopic (exact) mass is 281 g/mol. The van der Waals surface area contributed by atoms with E-state index in [2.05, 4.69) is 23.4 Å². The fourth-order valence-corrected chi connectivity index (χ4v) is 2.44. The van der Waals surface area contributed by atoms with Crippen LogP contribution in [0.4, 0.5) is 0 Å². The third-order valence-electron chi connectivity index (χ3n) is 3.16. The van der Waals surface area contributed by atoms with Crippen LogP contribution in [0, 0.1) is 0 Å². The van der Waals surface area contributed by atoms with Crippen molar-refractivity contribution in [3.63, 3.8) is 0 Å². The molecule has 1 aromatic heterocycles. The van der Waals surface area contributed by atoms with Gasteiger partial charge in [-0.25, -0.2) is 4.98 Å². The maximum atomic E-state index is 6.23. The van der Waals surface area contributed by atoms with Gasteiger partial charge in [0.15, 0.2) is 0 Å². The van der Waals surface area contributed by atoms with Gasteiger partial charge in [-0.3, -0.25) is 0 Å². The van der Waals surface area contributed by atoms with E-state index in [1.165, 1.54) is 0 Å². The zero-order valence-electron chi connectivity index (χ0n) is 11.6. The van der Waals surface area contributed by atoms with Crippen LogP contribution in [0.3, 0.4) is 0 Å². The first-order chi connectivity index (χ1) is 9.04. The van der Waals surface area contributed by atoms with E-state index in [1.807, 2.05) is 18.2 Å². The van der Waals surface area contributed by atoms with Crippen LogP contribution in [0.1, 0.15) is 38.2 Å². The fourth-order valence-electron chi connectivity index (χ4n) is 2.27. The number of fused-ring (bicyclic) bond motifs is 1. The maximum Gasteiger partial charge on any atom is 0.127 e. The summed E-state index contributed by atoms with van der Waals surface area (Å²) in [5.74, 6) is 0.893. The first-order valence-electron chi connectivity index (χ1n) is 6.46. The molecular formula is C14H20ClN3O. The topological polar surface area (TPSA) is 53.1 Å². The molecule has 0 amide bonds. The molecule has 2 N–H and O–H groups in total. The van der Waals surface area contributed by atoms with Gasteiger partial charge >= 0.3 is 0 Å². The molecule has 5 heteroatoms. The summed E-state index contributed by atoms with van der Waals surface area (Å²) in [5.41, 5.74) is 8.19. The highest BCUT2D eigenvalue weighted by molar-refractivity contribution is 6.31. The summed E-state index contributed by atoms with van der Waals surface area (Å²) in [5, 5.41) is 0.693. The Morgan fingerprint density at radius 2 is 2.16 bits per heavy atom. The van der Waals surface area contributed by atoms with E-state index in [0.29, 0.717) is 17.7 Å². The van der Waals surface area contributed by atoms with Crippen molar-refractivity contribution >= 4 is 22.6 Å². The van der Waals surface area contributed by atoms with Crippen LogP contribution in [-0.2, 0) is 4.74 Å². The van der Waals surface area contributed by atoms with Crippen molar-refractivity contribution in [1.29, 1.82) is 0 Å². The van der Waals surface area contributed by atoms with Crippen LogP contribution in [0.2, 0.25) is 5.02 Å². The third-order valence-corrected chi connectivity index (χ3v) is 3.39. The number of imidazole rings is 1. The van der Waals surface area contributed by atoms with Gasteiger partial charge in [-0.2, -0.15) is 0 Å². The van der Waals surface area contributed by atoms with E-state index in [-0.39, 0.29) is 6.04 Å². The summed E-state index contributed by atoms with van der Waals surface area (Å²) in [7, 11) is 1.68. The van der Waals surface area contributed by atoms with Crippen molar-refractivity contribution in [2.45, 2.75) is 32.4 Å². The molecule has 0 saturated carbocycles. The van der Waals surface area contributed by atoms with Crippen molar-refractivity contribution in [3.8, 4) is 0 Å². The molecule has 1 heterocycles. The Labute approximate surface area is 118 Å². The molecule has 0 saturated heterocycles. The number of rotatable bonds is 5. The first-order valence-corrected chi connectivity index (χ1v) is 6.84. The van der Waals surface area contributed by atoms with Crippen LogP contribution >= 0.6 is 11.6 Å². The quantitative estimate of drug-likeness (QED) is 0.915. The average molecular weight is 282 g/mol. The lowest BCUT2D eigenvalue weighted by Crippen LogP contribution is -2.19. The second kappa shape index (κ2) is 5.90. The summed E-state index contributed by atoms with van der Waals surface area (Å²) in [4.78, 5) is 4.65. The number of ether oxygens (including phenoxy) is 1. The molecule has 1 aromatic carbocycles. The molecule has 2 rings (SSSR count). The Kier molecular flexibility index (Phi) is 4.45. The summed E-state index contributed by atoms with van der Waals surface area (Å²) in [6.07, 6.45) is 0.750. The van der Waals surface area contributed by atoms with E-state index in [0.717, 1.165) is 23.3 Å². The minimum Gasteiger partial charge on any atom is -0.385 e. The number of nitrogens with two attached hydrogens (primary N) is 1. The summed E-state index contributed by atoms with van der Waals surface area (Å²) < 4.78 is 7.26. The van der Waals surface area contributed by atoms with Crippen LogP contribution < -0.4 is 5.73 Å². The van der Waals surface area contributed by atoms with E-state index < -0.39 is 0 Å². The molecule has 0 bridgehead atoms. The minimum absolute atomic E-state index is 0.131. The van der Waals surface area contributed by atoms with Crippen molar-refractivity contribution in [2.24, 2.45) is 5.73 Å². The molecule has 2 aromatic rings. The van der Waals surface area contributed by atoms with Gasteiger partial charge in [-0.1, -0.05) is 11.6 Å². The lowest BCUT2D eigenvalue weighted by molar-refractivity contribution is 0.186. The summed E-state index contributed by atoms with van der Waals surface area (Å²) in [6.45, 7) is 4.88. The predicted molar refractivity (Wildman–Crippen MR) is 78.5 cm³/mol. The zero-order chi connectivity index (χ0) is 14.0. The maximum absolute atomic E-state index is 6.23. The van der Waals surface area contributed by atoms with Crippen LogP contribution in [0.5, 0.6) is 0 Å². The number of halogens is 1. The SMILES string of the molecule is COCCC(N)c1nc2cc(Cl)ccc2n1C(C)C. The van der Waals surface area contributed by atoms with Gasteiger partial charge in [0, 0.05) is 24.8 Å². The fraction of sp³-hybridized carbons (Fsp3) is 0.500. The Morgan fingerprint density at radius 1 is 1.42 bits per heavy atom. The standard InChI is InChI=1S/C14H20ClN3O/c1-9(2)18-13-5-4-10(15)8-12(13)17-14(18)11(16)6-7-19-3/h4-5,8-9,11H,6-7,16H2,1-3H3. The van der Waals surface area contributed by atoms with Gasteiger partial charge in [0.2, 0.25) is 0 Å². The van der Waals surface area contributed by atoms with Gasteiger partial charge in [0.1, 0.15) is 5.82 Å². The molecular weight excluding hydrogens is 262 g/mol. The molecule has 19 heavy (non-hydrogen) atoms. The Hall–Kier alpha value is -1.10. The smallest absolute Gasteiger partial charge is 0.127 e. The molecule has 0 aliphatic heterocycles. The molecule has 1 atom stereocenters. The molecule has 4 nitrogen and oxygen atoms in total. The predicted octanol–water partition coefficient (Wildman–Crippen LogP) is 3.31. The largest absolute Gasteiger partial charge is 0.385 e. The normalized spacial score (nSPS) is 13.4. The Bertz CT molecular complexity index is 565. The summed E-state index contributed by atoms with van der Waals surface area (Å²) in [6, 6.07) is 5.93. The highest BCUT2D eigenvalue weighted by Gasteiger charge is 2.18. The van der Waals surface area contributed by atoms with Crippen LogP contribution in [0.25, 0.3) is 11.0 Å². The zero-order valence-corrected chi connectivity index (χ0v) is 12.3. The lowest BCUT2D eigenvalue weighted by Gasteiger charge is -2.17. The Balaban J connectivity index is 2.49. The molecule has 104 valence electrons. The minimum atomic E-state index is -0.131. The lowest BCUT2D eigenvalue weighted by atomic mass is 10.2. The van der Waals surface area contributed by atoms with E-state index in [4.69, 9.17) is 22.1 Å². The van der Waals surface area contributed by atoms with Gasteiger partial charge in [-0.05, 0) is 38.5 Å². The van der Waals surface area contributed by atoms with Crippen molar-refractivity contribution in [3.05, 3.63) is 29.0 Å². The van der Waals surface area contributed by atoms with Gasteiger partial charge in [0.05, 0.1) is 17.1 Å². The highest BCUT2D eigenvalue weighted by atomic mass is 35.5. The van der Waals surface area contributed by atoms with Crippen LogP contribution in [0.15, 0.2) is 18.2 Å². The van der Waals surface area contributed by atoms with E-state index in [9.17, 15) is 0 Å². The van der Waals surface area contributed by atoms with E-state index in [1.54, 1.807) is 7.11 Å². The van der Waals surface area contributed by atoms with Crippen molar-refractivity contribution < 1.29 is 4.74 Å². The number of methoxy groups -OCH3 is 1. The average Bonchev–Trinajstić information content (AvgIpc) is 2.74. The number of aromatic nitrogens is 2. The third kappa shape index (κ3) is 2.91. The molecule has 0 radical (unpaired) electrons. The number of benzene rings is 1. The van der Waals surface area contributed by atoms with Gasteiger partial charge in [-0.15, -0.1) is 0 Å². The Morgan fingerprint density at radius 3 is 2.79 bits per heavy atom. The van der Waals surface area contributed by atoms with E-state index >= 15 is 0 Å². The summed E-state index contributed by atoms with van der Waals surface area (Å²) >= 11 is 6.02. The van der Waals surface area contributed by atoms with Crippen molar-refractivity contribution in [1.82, 2.24) is 9.55 Å².